The van der Waals surface area contributed by atoms with Gasteiger partial charge in [-0.1, -0.05) is 12.1 Å². The standard InChI is InChI=1S/C15H22N2O3/c1-11(20-10-12-6-4-5-9-19-12)15(18)17-14-8-3-2-7-13(14)16/h2-3,7-8,11-12H,4-6,9-10,16H2,1H3,(H,17,18). The zero-order valence-corrected chi connectivity index (χ0v) is 11.8. The summed E-state index contributed by atoms with van der Waals surface area (Å²) in [5.74, 6) is -0.196. The average molecular weight is 278 g/mol. The number of amides is 1. The van der Waals surface area contributed by atoms with Crippen molar-refractivity contribution in [2.45, 2.75) is 38.4 Å². The second kappa shape index (κ2) is 7.26. The molecular formula is C15H22N2O3. The average Bonchev–Trinajstić information content (AvgIpc) is 2.48. The Morgan fingerprint density at radius 3 is 3.00 bits per heavy atom. The van der Waals surface area contributed by atoms with E-state index in [0.29, 0.717) is 18.0 Å². The van der Waals surface area contributed by atoms with Gasteiger partial charge in [0.15, 0.2) is 0 Å². The fourth-order valence-electron chi connectivity index (χ4n) is 2.11. The molecule has 0 aliphatic carbocycles. The number of nitrogens with two attached hydrogens (primary N) is 1. The number of nitrogen functional groups attached to an aromatic ring is 1. The molecule has 2 rings (SSSR count). The molecular weight excluding hydrogens is 256 g/mol. The lowest BCUT2D eigenvalue weighted by Crippen LogP contribution is -2.32. The number of para-hydroxylation sites is 2. The van der Waals surface area contributed by atoms with E-state index < -0.39 is 6.10 Å². The molecule has 5 nitrogen and oxygen atoms in total. The maximum absolute atomic E-state index is 12.0. The van der Waals surface area contributed by atoms with Crippen LogP contribution in [0.15, 0.2) is 24.3 Å². The van der Waals surface area contributed by atoms with E-state index in [-0.39, 0.29) is 12.0 Å². The van der Waals surface area contributed by atoms with Crippen molar-refractivity contribution >= 4 is 17.3 Å². The van der Waals surface area contributed by atoms with E-state index in [1.54, 1.807) is 19.1 Å². The topological polar surface area (TPSA) is 73.6 Å². The summed E-state index contributed by atoms with van der Waals surface area (Å²) in [5, 5.41) is 2.77. The van der Waals surface area contributed by atoms with Crippen LogP contribution >= 0.6 is 0 Å². The smallest absolute Gasteiger partial charge is 0.253 e. The molecule has 1 aromatic carbocycles. The first-order valence-corrected chi connectivity index (χ1v) is 7.05. The molecule has 2 atom stereocenters. The van der Waals surface area contributed by atoms with Gasteiger partial charge in [-0.25, -0.2) is 0 Å². The van der Waals surface area contributed by atoms with E-state index in [4.69, 9.17) is 15.2 Å². The van der Waals surface area contributed by atoms with Crippen LogP contribution in [0.25, 0.3) is 0 Å². The predicted molar refractivity (Wildman–Crippen MR) is 78.5 cm³/mol. The highest BCUT2D eigenvalue weighted by Crippen LogP contribution is 2.17. The second-order valence-corrected chi connectivity index (χ2v) is 5.04. The number of carbonyl (C=O) groups is 1. The van der Waals surface area contributed by atoms with Crippen molar-refractivity contribution in [3.8, 4) is 0 Å². The lowest BCUT2D eigenvalue weighted by Gasteiger charge is -2.24. The number of rotatable bonds is 5. The fourth-order valence-corrected chi connectivity index (χ4v) is 2.11. The van der Waals surface area contributed by atoms with Crippen LogP contribution in [0.4, 0.5) is 11.4 Å². The lowest BCUT2D eigenvalue weighted by atomic mass is 10.1. The van der Waals surface area contributed by atoms with Crippen LogP contribution in [-0.4, -0.2) is 31.3 Å². The Hall–Kier alpha value is -1.59. The van der Waals surface area contributed by atoms with Crippen molar-refractivity contribution in [3.63, 3.8) is 0 Å². The summed E-state index contributed by atoms with van der Waals surface area (Å²) in [6, 6.07) is 7.17. The molecule has 1 aliphatic rings. The van der Waals surface area contributed by atoms with Gasteiger partial charge in [0.1, 0.15) is 6.10 Å². The van der Waals surface area contributed by atoms with Crippen LogP contribution < -0.4 is 11.1 Å². The first-order chi connectivity index (χ1) is 9.66. The SMILES string of the molecule is CC(OCC1CCCCO1)C(=O)Nc1ccccc1N. The summed E-state index contributed by atoms with van der Waals surface area (Å²) in [6.07, 6.45) is 2.86. The third-order valence-electron chi connectivity index (χ3n) is 3.39. The number of carbonyl (C=O) groups excluding carboxylic acids is 1. The van der Waals surface area contributed by atoms with Crippen LogP contribution in [0.2, 0.25) is 0 Å². The Balaban J connectivity index is 1.78. The molecule has 0 radical (unpaired) electrons. The van der Waals surface area contributed by atoms with E-state index >= 15 is 0 Å². The number of ether oxygens (including phenoxy) is 2. The quantitative estimate of drug-likeness (QED) is 0.810. The molecule has 1 saturated heterocycles. The number of hydrogen-bond acceptors (Lipinski definition) is 4. The molecule has 1 amide bonds. The van der Waals surface area contributed by atoms with E-state index in [1.807, 2.05) is 12.1 Å². The first-order valence-electron chi connectivity index (χ1n) is 7.05. The number of anilines is 2. The summed E-state index contributed by atoms with van der Waals surface area (Å²) in [7, 11) is 0. The summed E-state index contributed by atoms with van der Waals surface area (Å²) < 4.78 is 11.1. The monoisotopic (exact) mass is 278 g/mol. The Morgan fingerprint density at radius 1 is 1.50 bits per heavy atom. The van der Waals surface area contributed by atoms with Gasteiger partial charge in [0, 0.05) is 6.61 Å². The van der Waals surface area contributed by atoms with Gasteiger partial charge in [0.2, 0.25) is 0 Å². The van der Waals surface area contributed by atoms with Gasteiger partial charge in [-0.05, 0) is 38.3 Å². The van der Waals surface area contributed by atoms with Crippen molar-refractivity contribution < 1.29 is 14.3 Å². The van der Waals surface area contributed by atoms with Crippen LogP contribution in [0.3, 0.4) is 0 Å². The molecule has 0 aromatic heterocycles. The first kappa shape index (κ1) is 14.8. The van der Waals surface area contributed by atoms with Gasteiger partial charge < -0.3 is 20.5 Å². The van der Waals surface area contributed by atoms with Crippen LogP contribution in [-0.2, 0) is 14.3 Å². The molecule has 1 aliphatic heterocycles. The van der Waals surface area contributed by atoms with Crippen molar-refractivity contribution in [1.29, 1.82) is 0 Å². The zero-order valence-electron chi connectivity index (χ0n) is 11.8. The van der Waals surface area contributed by atoms with E-state index in [1.165, 1.54) is 0 Å². The van der Waals surface area contributed by atoms with Gasteiger partial charge in [-0.2, -0.15) is 0 Å². The molecule has 5 heteroatoms. The van der Waals surface area contributed by atoms with Crippen molar-refractivity contribution in [1.82, 2.24) is 0 Å². The van der Waals surface area contributed by atoms with E-state index in [0.717, 1.165) is 25.9 Å². The highest BCUT2D eigenvalue weighted by atomic mass is 16.5. The summed E-state index contributed by atoms with van der Waals surface area (Å²) in [5.41, 5.74) is 6.94. The normalized spacial score (nSPS) is 20.4. The molecule has 0 saturated carbocycles. The van der Waals surface area contributed by atoms with Crippen LogP contribution in [0.5, 0.6) is 0 Å². The minimum Gasteiger partial charge on any atom is -0.397 e. The zero-order chi connectivity index (χ0) is 14.4. The van der Waals surface area contributed by atoms with E-state index in [9.17, 15) is 4.79 Å². The third-order valence-corrected chi connectivity index (χ3v) is 3.39. The maximum Gasteiger partial charge on any atom is 0.253 e. The Morgan fingerprint density at radius 2 is 2.30 bits per heavy atom. The van der Waals surface area contributed by atoms with Gasteiger partial charge in [0.05, 0.1) is 24.1 Å². The van der Waals surface area contributed by atoms with Crippen LogP contribution in [0.1, 0.15) is 26.2 Å². The van der Waals surface area contributed by atoms with Crippen molar-refractivity contribution in [3.05, 3.63) is 24.3 Å². The Bertz CT molecular complexity index is 444. The number of benzene rings is 1. The molecule has 2 unspecified atom stereocenters. The van der Waals surface area contributed by atoms with E-state index in [2.05, 4.69) is 5.32 Å². The fraction of sp³-hybridized carbons (Fsp3) is 0.533. The summed E-state index contributed by atoms with van der Waals surface area (Å²) in [4.78, 5) is 12.0. The largest absolute Gasteiger partial charge is 0.397 e. The predicted octanol–water partition coefficient (Wildman–Crippen LogP) is 2.18. The lowest BCUT2D eigenvalue weighted by molar-refractivity contribution is -0.130. The molecule has 1 fully saturated rings. The minimum absolute atomic E-state index is 0.112. The minimum atomic E-state index is -0.528. The van der Waals surface area contributed by atoms with Crippen molar-refractivity contribution in [2.24, 2.45) is 0 Å². The second-order valence-electron chi connectivity index (χ2n) is 5.04. The Kier molecular flexibility index (Phi) is 5.38. The molecule has 110 valence electrons. The maximum atomic E-state index is 12.0. The van der Waals surface area contributed by atoms with Gasteiger partial charge in [-0.3, -0.25) is 4.79 Å². The van der Waals surface area contributed by atoms with Gasteiger partial charge >= 0.3 is 0 Å². The molecule has 3 N–H and O–H groups in total. The number of nitrogens with one attached hydrogen (secondary N) is 1. The summed E-state index contributed by atoms with van der Waals surface area (Å²) in [6.45, 7) is 2.98. The molecule has 1 heterocycles. The number of hydrogen-bond donors (Lipinski definition) is 2. The van der Waals surface area contributed by atoms with Gasteiger partial charge in [-0.15, -0.1) is 0 Å². The van der Waals surface area contributed by atoms with Crippen molar-refractivity contribution in [2.75, 3.05) is 24.3 Å². The molecule has 1 aromatic rings. The molecule has 20 heavy (non-hydrogen) atoms. The highest BCUT2D eigenvalue weighted by molar-refractivity contribution is 5.96. The van der Waals surface area contributed by atoms with Gasteiger partial charge in [0.25, 0.3) is 5.91 Å². The Labute approximate surface area is 119 Å². The molecule has 0 bridgehead atoms. The highest BCUT2D eigenvalue weighted by Gasteiger charge is 2.19. The summed E-state index contributed by atoms with van der Waals surface area (Å²) >= 11 is 0. The third kappa shape index (κ3) is 4.21. The molecule has 0 spiro atoms. The van der Waals surface area contributed by atoms with Crippen LogP contribution in [0, 0.1) is 0 Å².